The van der Waals surface area contributed by atoms with Gasteiger partial charge in [0.05, 0.1) is 0 Å². The number of rotatable bonds is 0. The molecule has 0 atom stereocenters. The van der Waals surface area contributed by atoms with Crippen LogP contribution in [0.25, 0.3) is 0 Å². The third-order valence-electron chi connectivity index (χ3n) is 0. The molecule has 0 bridgehead atoms. The molecule has 0 aliphatic heterocycles. The minimum atomic E-state index is -5.17. The monoisotopic (exact) mass is 376 g/mol. The first-order valence-corrected chi connectivity index (χ1v) is 4.00. The smallest absolute Gasteiger partial charge is 0.0311 e. The summed E-state index contributed by atoms with van der Waals surface area (Å²) in [5.41, 5.74) is 0. The zero-order valence-electron chi connectivity index (χ0n) is 4.49. The first-order chi connectivity index (χ1) is 4.00. The van der Waals surface area contributed by atoms with Gasteiger partial charge in [-0.15, -0.1) is 0 Å². The zero-order chi connectivity index (χ0) is 9.00. The van der Waals surface area contributed by atoms with E-state index in [2.05, 4.69) is 0 Å². The van der Waals surface area contributed by atoms with E-state index in [1.54, 1.807) is 0 Å². The van der Waals surface area contributed by atoms with Gasteiger partial charge in [0.2, 0.25) is 0 Å². The van der Waals surface area contributed by atoms with E-state index >= 15 is 0 Å². The average Bonchev–Trinajstić information content (AvgIpc) is 1.12. The molecule has 0 saturated carbocycles. The average molecular weight is 376 g/mol. The SMILES string of the molecule is O=S(=O)([O-])[O-].O=S(=O)([O-])[O-].[W]. The van der Waals surface area contributed by atoms with Crippen LogP contribution in [0.1, 0.15) is 0 Å². The fourth-order valence-corrected chi connectivity index (χ4v) is 0. The van der Waals surface area contributed by atoms with Crippen LogP contribution in [0.5, 0.6) is 0 Å². The van der Waals surface area contributed by atoms with Crippen LogP contribution in [0.15, 0.2) is 0 Å². The van der Waals surface area contributed by atoms with E-state index in [0.29, 0.717) is 0 Å². The van der Waals surface area contributed by atoms with Crippen molar-refractivity contribution in [3.8, 4) is 0 Å². The van der Waals surface area contributed by atoms with Crippen molar-refractivity contribution in [2.45, 2.75) is 0 Å². The normalized spacial score (nSPS) is 10.5. The molecule has 11 heteroatoms. The molecule has 0 aromatic heterocycles. The Kier molecular flexibility index (Phi) is 9.55. The minimum Gasteiger partial charge on any atom is -0.759 e. The molecule has 0 aliphatic rings. The molecule has 0 fully saturated rings. The first kappa shape index (κ1) is 17.5. The summed E-state index contributed by atoms with van der Waals surface area (Å²) in [7, 11) is -10.3. The first-order valence-electron chi connectivity index (χ1n) is 1.33. The van der Waals surface area contributed by atoms with E-state index in [-0.39, 0.29) is 21.1 Å². The van der Waals surface area contributed by atoms with Crippen LogP contribution in [0.4, 0.5) is 0 Å². The van der Waals surface area contributed by atoms with Gasteiger partial charge in [0, 0.05) is 41.9 Å². The van der Waals surface area contributed by atoms with Gasteiger partial charge in [-0.3, -0.25) is 16.8 Å². The Labute approximate surface area is 77.0 Å². The standard InChI is InChI=1S/2H2O4S.W/c2*1-5(2,3)4;/h2*(H2,1,2,3,4);/p-4. The van der Waals surface area contributed by atoms with Gasteiger partial charge >= 0.3 is 0 Å². The van der Waals surface area contributed by atoms with Crippen molar-refractivity contribution >= 4 is 20.8 Å². The van der Waals surface area contributed by atoms with Gasteiger partial charge in [-0.05, 0) is 0 Å². The Hall–Kier alpha value is 0.428. The Bertz CT molecular complexity index is 208. The fourth-order valence-electron chi connectivity index (χ4n) is 0. The Morgan fingerprint density at radius 2 is 0.636 bits per heavy atom. The molecule has 0 radical (unpaired) electrons. The molecule has 0 N–H and O–H groups in total. The molecule has 0 aliphatic carbocycles. The van der Waals surface area contributed by atoms with Gasteiger partial charge < -0.3 is 18.2 Å². The van der Waals surface area contributed by atoms with Crippen LogP contribution in [0, 0.1) is 0 Å². The van der Waals surface area contributed by atoms with Crippen LogP contribution in [0.2, 0.25) is 0 Å². The molecule has 0 rings (SSSR count). The molecule has 0 aromatic carbocycles. The van der Waals surface area contributed by atoms with Gasteiger partial charge in [0.25, 0.3) is 0 Å². The molecule has 0 aromatic rings. The molecule has 0 unspecified atom stereocenters. The second-order valence-corrected chi connectivity index (χ2v) is 2.45. The van der Waals surface area contributed by atoms with Crippen molar-refractivity contribution in [3.05, 3.63) is 0 Å². The van der Waals surface area contributed by atoms with Crippen molar-refractivity contribution in [1.82, 2.24) is 0 Å². The van der Waals surface area contributed by atoms with Gasteiger partial charge in [-0.2, -0.15) is 0 Å². The van der Waals surface area contributed by atoms with E-state index in [1.165, 1.54) is 0 Å². The molecule has 0 heterocycles. The molecule has 11 heavy (non-hydrogen) atoms. The largest absolute Gasteiger partial charge is 0.759 e. The van der Waals surface area contributed by atoms with Crippen LogP contribution in [0.3, 0.4) is 0 Å². The van der Waals surface area contributed by atoms with Crippen LogP contribution < -0.4 is 0 Å². The van der Waals surface area contributed by atoms with E-state index < -0.39 is 20.8 Å². The molecular formula is O8S2W-4. The number of hydrogen-bond acceptors (Lipinski definition) is 8. The van der Waals surface area contributed by atoms with Crippen molar-refractivity contribution in [2.24, 2.45) is 0 Å². The van der Waals surface area contributed by atoms with Crippen LogP contribution in [-0.2, 0) is 41.9 Å². The summed E-state index contributed by atoms with van der Waals surface area (Å²) < 4.78 is 68.2. The van der Waals surface area contributed by atoms with Crippen molar-refractivity contribution < 1.29 is 56.1 Å². The zero-order valence-corrected chi connectivity index (χ0v) is 9.06. The molecule has 0 amide bonds. The summed E-state index contributed by atoms with van der Waals surface area (Å²) in [4.78, 5) is 0. The molecular weight excluding hydrogens is 376 g/mol. The minimum absolute atomic E-state index is 0. The Morgan fingerprint density at radius 1 is 0.636 bits per heavy atom. The fraction of sp³-hybridized carbons (Fsp3) is 0. The van der Waals surface area contributed by atoms with Crippen LogP contribution in [-0.4, -0.2) is 35.0 Å². The third-order valence-corrected chi connectivity index (χ3v) is 0. The predicted molar refractivity (Wildman–Crippen MR) is 20.9 cm³/mol. The van der Waals surface area contributed by atoms with Gasteiger partial charge in [-0.1, -0.05) is 0 Å². The summed E-state index contributed by atoms with van der Waals surface area (Å²) in [6.45, 7) is 0. The summed E-state index contributed by atoms with van der Waals surface area (Å²) in [5.74, 6) is 0. The summed E-state index contributed by atoms with van der Waals surface area (Å²) in [5, 5.41) is 0. The summed E-state index contributed by atoms with van der Waals surface area (Å²) in [6, 6.07) is 0. The van der Waals surface area contributed by atoms with Crippen molar-refractivity contribution in [1.29, 1.82) is 0 Å². The summed E-state index contributed by atoms with van der Waals surface area (Å²) >= 11 is 0. The maximum atomic E-state index is 8.52. The number of hydrogen-bond donors (Lipinski definition) is 0. The second kappa shape index (κ2) is 6.00. The van der Waals surface area contributed by atoms with E-state index in [0.717, 1.165) is 0 Å². The third kappa shape index (κ3) is 4040. The second-order valence-electron chi connectivity index (χ2n) is 0.816. The predicted octanol–water partition coefficient (Wildman–Crippen LogP) is -2.68. The maximum Gasteiger partial charge on any atom is 0.0311 e. The van der Waals surface area contributed by atoms with E-state index in [4.69, 9.17) is 35.0 Å². The maximum absolute atomic E-state index is 8.52. The molecule has 8 nitrogen and oxygen atoms in total. The van der Waals surface area contributed by atoms with Crippen LogP contribution >= 0.6 is 0 Å². The van der Waals surface area contributed by atoms with Gasteiger partial charge in [0.1, 0.15) is 0 Å². The Balaban J connectivity index is -0.000000107. The quantitative estimate of drug-likeness (QED) is 0.327. The molecule has 70 valence electrons. The molecule has 0 spiro atoms. The van der Waals surface area contributed by atoms with Crippen molar-refractivity contribution in [2.75, 3.05) is 0 Å². The topological polar surface area (TPSA) is 161 Å². The van der Waals surface area contributed by atoms with E-state index in [1.807, 2.05) is 0 Å². The summed E-state index contributed by atoms with van der Waals surface area (Å²) in [6.07, 6.45) is 0. The van der Waals surface area contributed by atoms with Gasteiger partial charge in [0.15, 0.2) is 0 Å². The Morgan fingerprint density at radius 3 is 0.636 bits per heavy atom. The molecule has 0 saturated heterocycles. The van der Waals surface area contributed by atoms with Gasteiger partial charge in [-0.25, -0.2) is 0 Å². The van der Waals surface area contributed by atoms with Crippen molar-refractivity contribution in [3.63, 3.8) is 0 Å². The van der Waals surface area contributed by atoms with E-state index in [9.17, 15) is 0 Å².